The summed E-state index contributed by atoms with van der Waals surface area (Å²) in [5.41, 5.74) is 9.36. The van der Waals surface area contributed by atoms with Crippen molar-refractivity contribution in [2.45, 2.75) is 13.5 Å². The number of halogens is 1. The highest BCUT2D eigenvalue weighted by Crippen LogP contribution is 2.40. The number of benzene rings is 2. The number of hydrogen-bond donors (Lipinski definition) is 1. The van der Waals surface area contributed by atoms with Crippen molar-refractivity contribution >= 4 is 29.3 Å². The van der Waals surface area contributed by atoms with Crippen LogP contribution in [0.4, 0.5) is 5.88 Å². The molecule has 0 bridgehead atoms. The van der Waals surface area contributed by atoms with Gasteiger partial charge < -0.3 is 10.2 Å². The highest BCUT2D eigenvalue weighted by Gasteiger charge is 2.25. The first-order chi connectivity index (χ1) is 10.1. The molecule has 0 aliphatic heterocycles. The fourth-order valence-corrected chi connectivity index (χ4v) is 2.46. The Morgan fingerprint density at radius 3 is 2.68 bits per heavy atom. The van der Waals surface area contributed by atoms with Gasteiger partial charge in [0.25, 0.3) is 0 Å². The molecule has 22 heavy (non-hydrogen) atoms. The fourth-order valence-electron chi connectivity index (χ4n) is 2.46. The van der Waals surface area contributed by atoms with Gasteiger partial charge in [0, 0.05) is 11.9 Å². The van der Waals surface area contributed by atoms with Crippen molar-refractivity contribution in [1.29, 1.82) is 0 Å². The monoisotopic (exact) mass is 318 g/mol. The summed E-state index contributed by atoms with van der Waals surface area (Å²) in [6.07, 6.45) is 0. The number of fused-ring (bicyclic) bond motifs is 1. The molecule has 0 aliphatic carbocycles. The third kappa shape index (κ3) is 2.68. The largest absolute Gasteiger partial charge is 0.442 e. The molecule has 0 unspecified atom stereocenters. The highest BCUT2D eigenvalue weighted by molar-refractivity contribution is 5.99. The van der Waals surface area contributed by atoms with E-state index in [9.17, 15) is 10.1 Å². The van der Waals surface area contributed by atoms with E-state index in [4.69, 9.17) is 10.2 Å². The van der Waals surface area contributed by atoms with Crippen molar-refractivity contribution < 1.29 is 9.34 Å². The molecule has 0 atom stereocenters. The molecule has 0 spiro atoms. The second kappa shape index (κ2) is 6.17. The zero-order chi connectivity index (χ0) is 15.0. The molecule has 114 valence electrons. The molecule has 2 N–H and O–H groups in total. The molecule has 0 fully saturated rings. The van der Waals surface area contributed by atoms with Gasteiger partial charge in [0.05, 0.1) is 0 Å². The molecule has 6 heteroatoms. The van der Waals surface area contributed by atoms with E-state index in [-0.39, 0.29) is 18.3 Å². The maximum absolute atomic E-state index is 11.3. The lowest BCUT2D eigenvalue weighted by Crippen LogP contribution is -1.96. The Morgan fingerprint density at radius 1 is 1.23 bits per heavy atom. The molecule has 1 heterocycles. The van der Waals surface area contributed by atoms with E-state index in [1.807, 2.05) is 43.3 Å². The van der Waals surface area contributed by atoms with Crippen LogP contribution in [0, 0.1) is 17.0 Å². The summed E-state index contributed by atoms with van der Waals surface area (Å²) in [5, 5.41) is 12.0. The number of aryl methyl sites for hydroxylation is 1. The van der Waals surface area contributed by atoms with Gasteiger partial charge in [-0.3, -0.25) is 10.1 Å². The van der Waals surface area contributed by atoms with Gasteiger partial charge >= 0.3 is 5.88 Å². The van der Waals surface area contributed by atoms with Crippen molar-refractivity contribution in [1.82, 2.24) is 0 Å². The molecular formula is C16H15ClN2O3. The minimum Gasteiger partial charge on any atom is -0.400 e. The van der Waals surface area contributed by atoms with Crippen LogP contribution in [0.15, 0.2) is 46.9 Å². The lowest BCUT2D eigenvalue weighted by Gasteiger charge is -2.02. The molecule has 3 rings (SSSR count). The number of nitrogens with two attached hydrogens (primary N) is 1. The normalized spacial score (nSPS) is 10.5. The van der Waals surface area contributed by atoms with Crippen molar-refractivity contribution in [2.75, 3.05) is 0 Å². The zero-order valence-corrected chi connectivity index (χ0v) is 12.7. The number of nitro groups is 1. The Bertz CT molecular complexity index is 843. The van der Waals surface area contributed by atoms with Gasteiger partial charge in [0.15, 0.2) is 0 Å². The Labute approximate surface area is 133 Å². The van der Waals surface area contributed by atoms with Gasteiger partial charge in [-0.25, -0.2) is 0 Å². The van der Waals surface area contributed by atoms with Crippen LogP contribution < -0.4 is 5.73 Å². The Morgan fingerprint density at radius 2 is 2.00 bits per heavy atom. The predicted octanol–water partition coefficient (Wildman–Crippen LogP) is 4.20. The maximum Gasteiger partial charge on any atom is 0.442 e. The van der Waals surface area contributed by atoms with E-state index in [0.29, 0.717) is 17.7 Å². The van der Waals surface area contributed by atoms with Crippen molar-refractivity contribution in [3.8, 4) is 11.1 Å². The lowest BCUT2D eigenvalue weighted by atomic mass is 10.0. The molecule has 0 radical (unpaired) electrons. The number of furan rings is 1. The van der Waals surface area contributed by atoms with Crippen LogP contribution in [-0.4, -0.2) is 4.92 Å². The van der Waals surface area contributed by atoms with Crippen LogP contribution in [-0.2, 0) is 6.54 Å². The summed E-state index contributed by atoms with van der Waals surface area (Å²) >= 11 is 0. The minimum atomic E-state index is -0.486. The molecule has 0 saturated carbocycles. The molecule has 3 aromatic rings. The lowest BCUT2D eigenvalue weighted by molar-refractivity contribution is -0.400. The highest BCUT2D eigenvalue weighted by atomic mass is 35.5. The molecule has 0 aliphatic rings. The summed E-state index contributed by atoms with van der Waals surface area (Å²) in [6, 6.07) is 13.0. The summed E-state index contributed by atoms with van der Waals surface area (Å²) in [5.74, 6) is -0.232. The number of rotatable bonds is 3. The Balaban J connectivity index is 0.00000176. The van der Waals surface area contributed by atoms with E-state index in [2.05, 4.69) is 0 Å². The van der Waals surface area contributed by atoms with Crippen molar-refractivity contribution in [2.24, 2.45) is 5.73 Å². The fraction of sp³-hybridized carbons (Fsp3) is 0.125. The topological polar surface area (TPSA) is 82.3 Å². The second-order valence-corrected chi connectivity index (χ2v) is 4.94. The molecule has 5 nitrogen and oxygen atoms in total. The summed E-state index contributed by atoms with van der Waals surface area (Å²) in [4.78, 5) is 10.8. The van der Waals surface area contributed by atoms with E-state index < -0.39 is 4.92 Å². The first kappa shape index (κ1) is 16.0. The first-order valence-corrected chi connectivity index (χ1v) is 6.57. The van der Waals surface area contributed by atoms with Crippen LogP contribution in [0.2, 0.25) is 0 Å². The molecule has 0 saturated heterocycles. The summed E-state index contributed by atoms with van der Waals surface area (Å²) < 4.78 is 5.41. The zero-order valence-electron chi connectivity index (χ0n) is 11.9. The standard InChI is InChI=1S/C16H14N2O3.ClH/c1-10-5-6-14-13(7-10)15(16(21-14)18(19)20)12-4-2-3-11(8-12)9-17;/h2-8H,9,17H2,1H3;1H. The quantitative estimate of drug-likeness (QED) is 0.579. The van der Waals surface area contributed by atoms with Crippen LogP contribution in [0.1, 0.15) is 11.1 Å². The number of hydrogen-bond acceptors (Lipinski definition) is 4. The van der Waals surface area contributed by atoms with E-state index >= 15 is 0 Å². The van der Waals surface area contributed by atoms with Crippen LogP contribution in [0.25, 0.3) is 22.1 Å². The Hall–Kier alpha value is -2.37. The van der Waals surface area contributed by atoms with Gasteiger partial charge in [-0.1, -0.05) is 29.8 Å². The summed E-state index contributed by atoms with van der Waals surface area (Å²) in [7, 11) is 0. The average Bonchev–Trinajstić information content (AvgIpc) is 2.86. The van der Waals surface area contributed by atoms with Crippen LogP contribution in [0.5, 0.6) is 0 Å². The minimum absolute atomic E-state index is 0. The number of nitrogens with zero attached hydrogens (tertiary/aromatic N) is 1. The Kier molecular flexibility index (Phi) is 4.49. The van der Waals surface area contributed by atoms with Gasteiger partial charge in [0.1, 0.15) is 16.1 Å². The van der Waals surface area contributed by atoms with Crippen molar-refractivity contribution in [3.05, 3.63) is 63.7 Å². The molecule has 1 aromatic heterocycles. The SMILES string of the molecule is Cc1ccc2oc([N+](=O)[O-])c(-c3cccc(CN)c3)c2c1.Cl. The van der Waals surface area contributed by atoms with Gasteiger partial charge in [0.2, 0.25) is 0 Å². The average molecular weight is 319 g/mol. The third-order valence-electron chi connectivity index (χ3n) is 3.44. The molecule has 0 amide bonds. The van der Waals surface area contributed by atoms with E-state index in [1.54, 1.807) is 6.07 Å². The van der Waals surface area contributed by atoms with Gasteiger partial charge in [-0.15, -0.1) is 12.4 Å². The smallest absolute Gasteiger partial charge is 0.400 e. The van der Waals surface area contributed by atoms with Crippen molar-refractivity contribution in [3.63, 3.8) is 0 Å². The first-order valence-electron chi connectivity index (χ1n) is 6.57. The van der Waals surface area contributed by atoms with Crippen LogP contribution in [0.3, 0.4) is 0 Å². The van der Waals surface area contributed by atoms with E-state index in [1.165, 1.54) is 0 Å². The predicted molar refractivity (Wildman–Crippen MR) is 88.2 cm³/mol. The molecular weight excluding hydrogens is 304 g/mol. The van der Waals surface area contributed by atoms with Gasteiger partial charge in [-0.05, 0) is 36.2 Å². The molecule has 2 aromatic carbocycles. The van der Waals surface area contributed by atoms with E-state index in [0.717, 1.165) is 22.1 Å². The second-order valence-electron chi connectivity index (χ2n) is 4.94. The summed E-state index contributed by atoms with van der Waals surface area (Å²) in [6.45, 7) is 2.33. The van der Waals surface area contributed by atoms with Crippen LogP contribution >= 0.6 is 12.4 Å². The van der Waals surface area contributed by atoms with Gasteiger partial charge in [-0.2, -0.15) is 0 Å². The maximum atomic E-state index is 11.3. The third-order valence-corrected chi connectivity index (χ3v) is 3.44.